The van der Waals surface area contributed by atoms with Crippen molar-refractivity contribution in [1.82, 2.24) is 0 Å². The first kappa shape index (κ1) is 11.5. The Balaban J connectivity index is 2.10. The average Bonchev–Trinajstić information content (AvgIpc) is 2.26. The Hall–Kier alpha value is -1.59. The van der Waals surface area contributed by atoms with Gasteiger partial charge in [0, 0.05) is 0 Å². The first-order valence-electron chi connectivity index (χ1n) is 4.48. The van der Waals surface area contributed by atoms with E-state index in [-0.39, 0.29) is 13.2 Å². The van der Waals surface area contributed by atoms with Crippen LogP contribution in [0.25, 0.3) is 0 Å². The molecule has 1 aromatic rings. The van der Waals surface area contributed by atoms with Crippen LogP contribution >= 0.6 is 0 Å². The van der Waals surface area contributed by atoms with Crippen LogP contribution < -0.4 is 10.6 Å². The summed E-state index contributed by atoms with van der Waals surface area (Å²) in [5.74, 6) is 4.93. The second kappa shape index (κ2) is 6.80. The fraction of sp³-hybridized carbons (Fsp3) is 0.300. The number of para-hydroxylation sites is 1. The molecule has 2 N–H and O–H groups in total. The Morgan fingerprint density at radius 1 is 1.20 bits per heavy atom. The smallest absolute Gasteiger partial charge is 0.334 e. The summed E-state index contributed by atoms with van der Waals surface area (Å²) >= 11 is 0. The summed E-state index contributed by atoms with van der Waals surface area (Å²) in [7, 11) is 0. The zero-order valence-electron chi connectivity index (χ0n) is 8.22. The van der Waals surface area contributed by atoms with Crippen LogP contribution in [0.15, 0.2) is 30.3 Å². The molecule has 1 aromatic carbocycles. The molecule has 0 radical (unpaired) electrons. The third kappa shape index (κ3) is 4.99. The van der Waals surface area contributed by atoms with Crippen molar-refractivity contribution in [1.29, 1.82) is 0 Å². The van der Waals surface area contributed by atoms with Gasteiger partial charge in [-0.15, -0.1) is 0 Å². The van der Waals surface area contributed by atoms with Gasteiger partial charge in [-0.2, -0.15) is 0 Å². The van der Waals surface area contributed by atoms with Crippen molar-refractivity contribution in [3.63, 3.8) is 0 Å². The summed E-state index contributed by atoms with van der Waals surface area (Å²) in [6.07, 6.45) is 0. The Bertz CT molecular complexity index is 289. The van der Waals surface area contributed by atoms with Gasteiger partial charge < -0.3 is 9.47 Å². The zero-order chi connectivity index (χ0) is 10.9. The van der Waals surface area contributed by atoms with E-state index in [2.05, 4.69) is 4.84 Å². The van der Waals surface area contributed by atoms with E-state index < -0.39 is 5.97 Å². The number of nitrogens with two attached hydrogens (primary N) is 1. The van der Waals surface area contributed by atoms with Gasteiger partial charge in [-0.05, 0) is 12.1 Å². The van der Waals surface area contributed by atoms with Gasteiger partial charge in [0.2, 0.25) is 0 Å². The first-order chi connectivity index (χ1) is 7.33. The van der Waals surface area contributed by atoms with E-state index in [1.54, 1.807) is 0 Å². The van der Waals surface area contributed by atoms with Gasteiger partial charge in [0.25, 0.3) is 0 Å². The summed E-state index contributed by atoms with van der Waals surface area (Å²) in [6, 6.07) is 9.27. The lowest BCUT2D eigenvalue weighted by Crippen LogP contribution is -2.18. The van der Waals surface area contributed by atoms with E-state index in [9.17, 15) is 4.79 Å². The van der Waals surface area contributed by atoms with E-state index in [0.717, 1.165) is 5.75 Å². The SMILES string of the molecule is NOCC(=O)OCCOc1ccccc1. The molecule has 0 atom stereocenters. The van der Waals surface area contributed by atoms with Crippen molar-refractivity contribution in [3.8, 4) is 5.75 Å². The van der Waals surface area contributed by atoms with Crippen LogP contribution in [0.2, 0.25) is 0 Å². The lowest BCUT2D eigenvalue weighted by atomic mass is 10.3. The van der Waals surface area contributed by atoms with E-state index in [1.165, 1.54) is 0 Å². The van der Waals surface area contributed by atoms with Gasteiger partial charge in [-0.3, -0.25) is 4.84 Å². The van der Waals surface area contributed by atoms with Crippen LogP contribution in [-0.2, 0) is 14.4 Å². The number of hydrogen-bond acceptors (Lipinski definition) is 5. The first-order valence-corrected chi connectivity index (χ1v) is 4.48. The minimum absolute atomic E-state index is 0.178. The molecule has 0 aliphatic heterocycles. The average molecular weight is 211 g/mol. The highest BCUT2D eigenvalue weighted by Gasteiger charge is 2.01. The Morgan fingerprint density at radius 2 is 1.93 bits per heavy atom. The third-order valence-electron chi connectivity index (χ3n) is 1.56. The number of carbonyl (C=O) groups is 1. The lowest BCUT2D eigenvalue weighted by Gasteiger charge is -2.06. The van der Waals surface area contributed by atoms with Crippen molar-refractivity contribution in [3.05, 3.63) is 30.3 Å². The fourth-order valence-corrected chi connectivity index (χ4v) is 0.941. The van der Waals surface area contributed by atoms with Crippen LogP contribution in [0.3, 0.4) is 0 Å². The highest BCUT2D eigenvalue weighted by Crippen LogP contribution is 2.07. The molecule has 0 aromatic heterocycles. The Kier molecular flexibility index (Phi) is 5.21. The summed E-state index contributed by atoms with van der Waals surface area (Å²) in [5, 5.41) is 0. The predicted octanol–water partition coefficient (Wildman–Crippen LogP) is 0.499. The molecule has 0 amide bonds. The maximum Gasteiger partial charge on any atom is 0.334 e. The molecule has 5 nitrogen and oxygen atoms in total. The molecule has 0 saturated carbocycles. The molecule has 0 heterocycles. The largest absolute Gasteiger partial charge is 0.490 e. The Morgan fingerprint density at radius 3 is 2.60 bits per heavy atom. The minimum Gasteiger partial charge on any atom is -0.490 e. The molecule has 82 valence electrons. The van der Waals surface area contributed by atoms with E-state index in [4.69, 9.17) is 15.4 Å². The van der Waals surface area contributed by atoms with Crippen LogP contribution in [0.4, 0.5) is 0 Å². The standard InChI is InChI=1S/C10H13NO4/c11-15-8-10(12)14-7-6-13-9-4-2-1-3-5-9/h1-5H,6-8,11H2. The maximum atomic E-state index is 10.8. The maximum absolute atomic E-state index is 10.8. The van der Waals surface area contributed by atoms with Crippen LogP contribution in [0.1, 0.15) is 0 Å². The monoisotopic (exact) mass is 211 g/mol. The van der Waals surface area contributed by atoms with Gasteiger partial charge in [-0.25, -0.2) is 10.7 Å². The van der Waals surface area contributed by atoms with Crippen molar-refractivity contribution < 1.29 is 19.1 Å². The van der Waals surface area contributed by atoms with Crippen molar-refractivity contribution in [2.45, 2.75) is 0 Å². The van der Waals surface area contributed by atoms with Crippen molar-refractivity contribution >= 4 is 5.97 Å². The molecule has 0 saturated heterocycles. The number of hydrogen-bond donors (Lipinski definition) is 1. The van der Waals surface area contributed by atoms with Crippen LogP contribution in [-0.4, -0.2) is 25.8 Å². The molecule has 15 heavy (non-hydrogen) atoms. The number of rotatable bonds is 6. The molecular formula is C10H13NO4. The van der Waals surface area contributed by atoms with Gasteiger partial charge >= 0.3 is 5.97 Å². The predicted molar refractivity (Wildman–Crippen MR) is 53.0 cm³/mol. The topological polar surface area (TPSA) is 70.8 Å². The molecule has 0 aliphatic carbocycles. The van der Waals surface area contributed by atoms with Gasteiger partial charge in [0.15, 0.2) is 6.61 Å². The zero-order valence-corrected chi connectivity index (χ0v) is 8.22. The van der Waals surface area contributed by atoms with Crippen molar-refractivity contribution in [2.75, 3.05) is 19.8 Å². The highest BCUT2D eigenvalue weighted by atomic mass is 16.6. The second-order valence-electron chi connectivity index (χ2n) is 2.69. The van der Waals surface area contributed by atoms with E-state index in [1.807, 2.05) is 30.3 Å². The van der Waals surface area contributed by atoms with E-state index in [0.29, 0.717) is 6.61 Å². The van der Waals surface area contributed by atoms with Gasteiger partial charge in [0.05, 0.1) is 0 Å². The summed E-state index contributed by atoms with van der Waals surface area (Å²) in [6.45, 7) is 0.239. The lowest BCUT2D eigenvalue weighted by molar-refractivity contribution is -0.149. The minimum atomic E-state index is -0.505. The third-order valence-corrected chi connectivity index (χ3v) is 1.56. The fourth-order valence-electron chi connectivity index (χ4n) is 0.941. The highest BCUT2D eigenvalue weighted by molar-refractivity contribution is 5.70. The molecular weight excluding hydrogens is 198 g/mol. The number of benzene rings is 1. The number of ether oxygens (including phenoxy) is 2. The number of carbonyl (C=O) groups excluding carboxylic acids is 1. The summed E-state index contributed by atoms with van der Waals surface area (Å²) < 4.78 is 10.0. The molecule has 0 spiro atoms. The summed E-state index contributed by atoms with van der Waals surface area (Å²) in [4.78, 5) is 14.9. The molecule has 5 heteroatoms. The van der Waals surface area contributed by atoms with E-state index >= 15 is 0 Å². The molecule has 1 rings (SSSR count). The van der Waals surface area contributed by atoms with Crippen LogP contribution in [0.5, 0.6) is 5.75 Å². The van der Waals surface area contributed by atoms with Crippen LogP contribution in [0, 0.1) is 0 Å². The summed E-state index contributed by atoms with van der Waals surface area (Å²) in [5.41, 5.74) is 0. The van der Waals surface area contributed by atoms with Crippen molar-refractivity contribution in [2.24, 2.45) is 5.90 Å². The molecule has 0 bridgehead atoms. The van der Waals surface area contributed by atoms with Gasteiger partial charge in [0.1, 0.15) is 19.0 Å². The quantitative estimate of drug-likeness (QED) is 0.421. The second-order valence-corrected chi connectivity index (χ2v) is 2.69. The number of esters is 1. The molecule has 0 fully saturated rings. The molecule has 0 unspecified atom stereocenters. The normalized spacial score (nSPS) is 9.67. The Labute approximate surface area is 87.7 Å². The van der Waals surface area contributed by atoms with Gasteiger partial charge in [-0.1, -0.05) is 18.2 Å². The molecule has 0 aliphatic rings.